The maximum absolute atomic E-state index is 12.4. The smallest absolute Gasteiger partial charge is 0.303 e. The minimum absolute atomic E-state index is 0.0507. The Balaban J connectivity index is 1.77. The van der Waals surface area contributed by atoms with E-state index in [9.17, 15) is 9.59 Å². The molecule has 0 aliphatic heterocycles. The van der Waals surface area contributed by atoms with Crippen molar-refractivity contribution in [2.75, 3.05) is 7.05 Å². The molecule has 184 valence electrons. The van der Waals surface area contributed by atoms with Gasteiger partial charge in [-0.15, -0.1) is 0 Å². The summed E-state index contributed by atoms with van der Waals surface area (Å²) >= 11 is 0. The zero-order valence-electron chi connectivity index (χ0n) is 20.7. The van der Waals surface area contributed by atoms with Crippen molar-refractivity contribution in [1.29, 1.82) is 0 Å². The average Bonchev–Trinajstić information content (AvgIpc) is 2.87. The Labute approximate surface area is 208 Å². The first-order valence-electron chi connectivity index (χ1n) is 12.3. The Morgan fingerprint density at radius 1 is 0.857 bits per heavy atom. The van der Waals surface area contributed by atoms with E-state index in [1.54, 1.807) is 4.90 Å². The second-order valence-corrected chi connectivity index (χ2v) is 8.90. The molecule has 35 heavy (non-hydrogen) atoms. The van der Waals surface area contributed by atoms with Crippen molar-refractivity contribution in [3.63, 3.8) is 0 Å². The number of ether oxygens (including phenoxy) is 1. The highest BCUT2D eigenvalue weighted by molar-refractivity contribution is 5.76. The lowest BCUT2D eigenvalue weighted by molar-refractivity contribution is -0.137. The maximum Gasteiger partial charge on any atom is 0.303 e. The van der Waals surface area contributed by atoms with Gasteiger partial charge in [0.2, 0.25) is 5.91 Å². The number of carboxylic acids is 1. The number of carbonyl (C=O) groups excluding carboxylic acids is 1. The molecule has 1 amide bonds. The molecule has 0 saturated heterocycles. The fourth-order valence-electron chi connectivity index (χ4n) is 3.98. The standard InChI is InChI=1S/C30H35NO4/c1-3-4-6-14-29(32)31(2)21-24-12-9-13-26(19-24)27-16-15-25(17-18-30(33)34)28(20-27)35-22-23-10-7-5-8-11-23/h5,7-13,15-16,19-20H,3-4,6,14,17-18,21-22H2,1-2H3,(H,33,34). The first-order chi connectivity index (χ1) is 17.0. The number of carbonyl (C=O) groups is 2. The van der Waals surface area contributed by atoms with Crippen molar-refractivity contribution in [2.45, 2.75) is 58.6 Å². The molecule has 0 aromatic heterocycles. The molecule has 0 fully saturated rings. The SMILES string of the molecule is CCCCCC(=O)N(C)Cc1cccc(-c2ccc(CCC(=O)O)c(OCc3ccccc3)c2)c1. The van der Waals surface area contributed by atoms with Gasteiger partial charge in [0.15, 0.2) is 0 Å². The first kappa shape index (κ1) is 26.0. The van der Waals surface area contributed by atoms with E-state index in [-0.39, 0.29) is 12.3 Å². The van der Waals surface area contributed by atoms with Crippen LogP contribution in [0.2, 0.25) is 0 Å². The van der Waals surface area contributed by atoms with Gasteiger partial charge in [0.05, 0.1) is 0 Å². The average molecular weight is 474 g/mol. The Hall–Kier alpha value is -3.60. The molecule has 1 N–H and O–H groups in total. The highest BCUT2D eigenvalue weighted by Gasteiger charge is 2.12. The number of amides is 1. The van der Waals surface area contributed by atoms with Crippen LogP contribution in [0.4, 0.5) is 0 Å². The van der Waals surface area contributed by atoms with Crippen LogP contribution in [0.3, 0.4) is 0 Å². The summed E-state index contributed by atoms with van der Waals surface area (Å²) in [4.78, 5) is 25.3. The number of aliphatic carboxylic acids is 1. The third-order valence-corrected chi connectivity index (χ3v) is 6.01. The van der Waals surface area contributed by atoms with E-state index in [0.717, 1.165) is 47.1 Å². The second-order valence-electron chi connectivity index (χ2n) is 8.90. The van der Waals surface area contributed by atoms with Crippen LogP contribution in [0.15, 0.2) is 72.8 Å². The third-order valence-electron chi connectivity index (χ3n) is 6.01. The molecule has 0 aliphatic rings. The highest BCUT2D eigenvalue weighted by Crippen LogP contribution is 2.30. The molecule has 5 nitrogen and oxygen atoms in total. The highest BCUT2D eigenvalue weighted by atomic mass is 16.5. The number of unbranched alkanes of at least 4 members (excludes halogenated alkanes) is 2. The Morgan fingerprint density at radius 3 is 2.34 bits per heavy atom. The van der Waals surface area contributed by atoms with Gasteiger partial charge in [-0.3, -0.25) is 9.59 Å². The molecule has 5 heteroatoms. The molecule has 0 radical (unpaired) electrons. The van der Waals surface area contributed by atoms with E-state index in [1.807, 2.05) is 73.8 Å². The predicted molar refractivity (Wildman–Crippen MR) is 139 cm³/mol. The van der Waals surface area contributed by atoms with Crippen LogP contribution in [0.25, 0.3) is 11.1 Å². The van der Waals surface area contributed by atoms with Gasteiger partial charge in [-0.1, -0.05) is 80.4 Å². The van der Waals surface area contributed by atoms with Crippen molar-refractivity contribution in [3.05, 3.63) is 89.5 Å². The number of aryl methyl sites for hydroxylation is 1. The maximum atomic E-state index is 12.4. The summed E-state index contributed by atoms with van der Waals surface area (Å²) in [5.74, 6) is 0.0357. The van der Waals surface area contributed by atoms with Gasteiger partial charge in [0, 0.05) is 26.4 Å². The zero-order chi connectivity index (χ0) is 25.0. The minimum atomic E-state index is -0.829. The van der Waals surface area contributed by atoms with Crippen LogP contribution in [0, 0.1) is 0 Å². The molecule has 0 atom stereocenters. The number of nitrogens with zero attached hydrogens (tertiary/aromatic N) is 1. The van der Waals surface area contributed by atoms with Crippen molar-refractivity contribution < 1.29 is 19.4 Å². The number of hydrogen-bond donors (Lipinski definition) is 1. The van der Waals surface area contributed by atoms with Gasteiger partial charge in [-0.2, -0.15) is 0 Å². The van der Waals surface area contributed by atoms with E-state index in [1.165, 1.54) is 0 Å². The number of rotatable bonds is 13. The van der Waals surface area contributed by atoms with Crippen LogP contribution in [-0.2, 0) is 29.2 Å². The molecular formula is C30H35NO4. The van der Waals surface area contributed by atoms with Gasteiger partial charge < -0.3 is 14.7 Å². The summed E-state index contributed by atoms with van der Waals surface area (Å²) in [5, 5.41) is 9.14. The van der Waals surface area contributed by atoms with Crippen molar-refractivity contribution in [3.8, 4) is 16.9 Å². The van der Waals surface area contributed by atoms with Crippen molar-refractivity contribution >= 4 is 11.9 Å². The molecule has 3 rings (SSSR count). The lowest BCUT2D eigenvalue weighted by Crippen LogP contribution is -2.25. The summed E-state index contributed by atoms with van der Waals surface area (Å²) in [6.07, 6.45) is 4.15. The summed E-state index contributed by atoms with van der Waals surface area (Å²) in [6.45, 7) is 3.11. The molecule has 3 aromatic rings. The molecule has 0 aliphatic carbocycles. The Bertz CT molecular complexity index is 1110. The van der Waals surface area contributed by atoms with Crippen molar-refractivity contribution in [1.82, 2.24) is 4.90 Å². The molecule has 0 bridgehead atoms. The van der Waals surface area contributed by atoms with E-state index in [4.69, 9.17) is 9.84 Å². The van der Waals surface area contributed by atoms with Gasteiger partial charge in [-0.25, -0.2) is 0 Å². The quantitative estimate of drug-likeness (QED) is 0.288. The van der Waals surface area contributed by atoms with Crippen LogP contribution < -0.4 is 4.74 Å². The number of benzene rings is 3. The largest absolute Gasteiger partial charge is 0.489 e. The third kappa shape index (κ3) is 8.29. The van der Waals surface area contributed by atoms with Crippen molar-refractivity contribution in [2.24, 2.45) is 0 Å². The monoisotopic (exact) mass is 473 g/mol. The fraction of sp³-hybridized carbons (Fsp3) is 0.333. The lowest BCUT2D eigenvalue weighted by atomic mass is 9.99. The molecule has 0 unspecified atom stereocenters. The van der Waals surface area contributed by atoms with Gasteiger partial charge in [-0.05, 0) is 52.8 Å². The Morgan fingerprint density at radius 2 is 1.60 bits per heavy atom. The normalized spacial score (nSPS) is 10.7. The van der Waals surface area contributed by atoms with E-state index >= 15 is 0 Å². The topological polar surface area (TPSA) is 66.8 Å². The van der Waals surface area contributed by atoms with Gasteiger partial charge in [0.1, 0.15) is 12.4 Å². The number of carboxylic acid groups (broad SMARTS) is 1. The van der Waals surface area contributed by atoms with Crippen LogP contribution >= 0.6 is 0 Å². The molecule has 0 heterocycles. The van der Waals surface area contributed by atoms with Gasteiger partial charge >= 0.3 is 5.97 Å². The minimum Gasteiger partial charge on any atom is -0.489 e. The van der Waals surface area contributed by atoms with E-state index in [0.29, 0.717) is 31.7 Å². The molecule has 0 spiro atoms. The predicted octanol–water partition coefficient (Wildman–Crippen LogP) is 6.49. The summed E-state index contributed by atoms with van der Waals surface area (Å²) in [7, 11) is 1.85. The lowest BCUT2D eigenvalue weighted by Gasteiger charge is -2.18. The van der Waals surface area contributed by atoms with E-state index in [2.05, 4.69) is 13.0 Å². The fourth-order valence-corrected chi connectivity index (χ4v) is 3.98. The summed E-state index contributed by atoms with van der Waals surface area (Å²) in [6, 6.07) is 24.0. The van der Waals surface area contributed by atoms with Crippen LogP contribution in [-0.4, -0.2) is 28.9 Å². The Kier molecular flexibility index (Phi) is 9.91. The molecule has 3 aromatic carbocycles. The second kappa shape index (κ2) is 13.3. The van der Waals surface area contributed by atoms with Crippen LogP contribution in [0.1, 0.15) is 55.7 Å². The molecule has 0 saturated carbocycles. The van der Waals surface area contributed by atoms with Crippen LogP contribution in [0.5, 0.6) is 5.75 Å². The molecular weight excluding hydrogens is 438 g/mol. The summed E-state index contributed by atoms with van der Waals surface area (Å²) in [5.41, 5.74) is 5.02. The van der Waals surface area contributed by atoms with Gasteiger partial charge in [0.25, 0.3) is 0 Å². The first-order valence-corrected chi connectivity index (χ1v) is 12.3. The number of hydrogen-bond acceptors (Lipinski definition) is 3. The summed E-state index contributed by atoms with van der Waals surface area (Å²) < 4.78 is 6.14. The van der Waals surface area contributed by atoms with E-state index < -0.39 is 5.97 Å². The zero-order valence-corrected chi connectivity index (χ0v) is 20.7.